The van der Waals surface area contributed by atoms with Gasteiger partial charge >= 0.3 is 0 Å². The van der Waals surface area contributed by atoms with Gasteiger partial charge in [0, 0.05) is 15.8 Å². The van der Waals surface area contributed by atoms with Gasteiger partial charge in [-0.3, -0.25) is 0 Å². The van der Waals surface area contributed by atoms with Crippen molar-refractivity contribution in [2.24, 2.45) is 17.1 Å². The summed E-state index contributed by atoms with van der Waals surface area (Å²) in [6.45, 7) is 6.74. The van der Waals surface area contributed by atoms with Crippen LogP contribution in [0.2, 0.25) is 0 Å². The van der Waals surface area contributed by atoms with E-state index in [0.29, 0.717) is 11.3 Å². The smallest absolute Gasteiger partial charge is 0.0423 e. The van der Waals surface area contributed by atoms with E-state index in [1.54, 1.807) is 0 Å². The molecule has 1 aromatic rings. The largest absolute Gasteiger partial charge is 0.323 e. The van der Waals surface area contributed by atoms with Crippen molar-refractivity contribution in [3.63, 3.8) is 0 Å². The third kappa shape index (κ3) is 1.65. The summed E-state index contributed by atoms with van der Waals surface area (Å²) in [6.07, 6.45) is 1.28. The van der Waals surface area contributed by atoms with E-state index in [2.05, 4.69) is 32.9 Å². The number of hydrogen-bond acceptors (Lipinski definition) is 2. The molecule has 0 radical (unpaired) electrons. The Morgan fingerprint density at radius 2 is 2.15 bits per heavy atom. The first-order valence-electron chi connectivity index (χ1n) is 4.82. The zero-order chi connectivity index (χ0) is 9.64. The van der Waals surface area contributed by atoms with E-state index < -0.39 is 0 Å². The van der Waals surface area contributed by atoms with E-state index >= 15 is 0 Å². The second-order valence-corrected chi connectivity index (χ2v) is 6.09. The van der Waals surface area contributed by atoms with Crippen molar-refractivity contribution in [2.45, 2.75) is 33.2 Å². The van der Waals surface area contributed by atoms with Crippen LogP contribution in [0, 0.1) is 18.3 Å². The Labute approximate surface area is 84.0 Å². The molecule has 2 rings (SSSR count). The van der Waals surface area contributed by atoms with Crippen molar-refractivity contribution in [3.8, 4) is 0 Å². The van der Waals surface area contributed by atoms with Gasteiger partial charge in [-0.05, 0) is 36.8 Å². The van der Waals surface area contributed by atoms with Gasteiger partial charge in [-0.2, -0.15) is 0 Å². The van der Waals surface area contributed by atoms with Crippen LogP contribution in [0.15, 0.2) is 12.1 Å². The van der Waals surface area contributed by atoms with Crippen LogP contribution in [0.3, 0.4) is 0 Å². The molecule has 2 atom stereocenters. The van der Waals surface area contributed by atoms with Gasteiger partial charge in [0.15, 0.2) is 0 Å². The Kier molecular flexibility index (Phi) is 2.00. The molecule has 0 spiro atoms. The lowest BCUT2D eigenvalue weighted by Gasteiger charge is -2.10. The zero-order valence-corrected chi connectivity index (χ0v) is 9.32. The molecule has 72 valence electrons. The topological polar surface area (TPSA) is 26.0 Å². The second-order valence-electron chi connectivity index (χ2n) is 4.77. The third-order valence-electron chi connectivity index (χ3n) is 3.11. The molecule has 1 nitrogen and oxygen atoms in total. The Morgan fingerprint density at radius 3 is 2.54 bits per heavy atom. The quantitative estimate of drug-likeness (QED) is 0.771. The molecule has 2 heteroatoms. The summed E-state index contributed by atoms with van der Waals surface area (Å²) in [5.41, 5.74) is 6.68. The van der Waals surface area contributed by atoms with Gasteiger partial charge in [0.2, 0.25) is 0 Å². The fourth-order valence-corrected chi connectivity index (χ4v) is 2.90. The number of aryl methyl sites for hydroxylation is 1. The van der Waals surface area contributed by atoms with Gasteiger partial charge in [0.1, 0.15) is 0 Å². The Hall–Kier alpha value is -0.340. The number of thiophene rings is 1. The summed E-state index contributed by atoms with van der Waals surface area (Å²) in [5.74, 6) is 0.700. The van der Waals surface area contributed by atoms with Crippen LogP contribution in [-0.2, 0) is 0 Å². The van der Waals surface area contributed by atoms with Crippen LogP contribution in [-0.4, -0.2) is 0 Å². The Morgan fingerprint density at radius 1 is 1.54 bits per heavy atom. The van der Waals surface area contributed by atoms with Crippen molar-refractivity contribution in [1.29, 1.82) is 0 Å². The number of rotatable bonds is 2. The molecule has 1 aliphatic rings. The van der Waals surface area contributed by atoms with Crippen LogP contribution in [0.1, 0.15) is 36.1 Å². The minimum absolute atomic E-state index is 0.272. The summed E-state index contributed by atoms with van der Waals surface area (Å²) >= 11 is 1.84. The van der Waals surface area contributed by atoms with Gasteiger partial charge in [-0.15, -0.1) is 11.3 Å². The first-order chi connectivity index (χ1) is 6.00. The highest BCUT2D eigenvalue weighted by Gasteiger charge is 2.49. The molecule has 0 aromatic carbocycles. The van der Waals surface area contributed by atoms with Gasteiger partial charge in [-0.1, -0.05) is 13.8 Å². The van der Waals surface area contributed by atoms with Crippen molar-refractivity contribution >= 4 is 11.3 Å². The first-order valence-corrected chi connectivity index (χ1v) is 5.64. The summed E-state index contributed by atoms with van der Waals surface area (Å²) < 4.78 is 0. The average Bonchev–Trinajstić information content (AvgIpc) is 2.47. The molecule has 1 heterocycles. The van der Waals surface area contributed by atoms with Gasteiger partial charge < -0.3 is 5.73 Å². The molecule has 0 aliphatic heterocycles. The first kappa shape index (κ1) is 9.22. The lowest BCUT2D eigenvalue weighted by molar-refractivity contribution is 0.496. The summed E-state index contributed by atoms with van der Waals surface area (Å²) in [7, 11) is 0. The van der Waals surface area contributed by atoms with Crippen LogP contribution in [0.5, 0.6) is 0 Å². The number of hydrogen-bond donors (Lipinski definition) is 1. The summed E-state index contributed by atoms with van der Waals surface area (Å²) in [6, 6.07) is 4.61. The minimum Gasteiger partial charge on any atom is -0.323 e. The molecule has 1 fully saturated rings. The highest BCUT2D eigenvalue weighted by molar-refractivity contribution is 7.12. The molecule has 13 heavy (non-hydrogen) atoms. The third-order valence-corrected chi connectivity index (χ3v) is 4.21. The van der Waals surface area contributed by atoms with Crippen LogP contribution >= 0.6 is 11.3 Å². The molecule has 0 bridgehead atoms. The predicted octanol–water partition coefficient (Wildman–Crippen LogP) is 3.10. The van der Waals surface area contributed by atoms with E-state index in [9.17, 15) is 0 Å². The number of nitrogens with two attached hydrogens (primary N) is 1. The summed E-state index contributed by atoms with van der Waals surface area (Å²) in [4.78, 5) is 2.72. The highest BCUT2D eigenvalue weighted by Crippen LogP contribution is 2.57. The van der Waals surface area contributed by atoms with Crippen LogP contribution in [0.25, 0.3) is 0 Å². The minimum atomic E-state index is 0.272. The molecule has 2 unspecified atom stereocenters. The lowest BCUT2D eigenvalue weighted by Crippen LogP contribution is -2.13. The van der Waals surface area contributed by atoms with Gasteiger partial charge in [0.05, 0.1) is 0 Å². The maximum Gasteiger partial charge on any atom is 0.0423 e. The van der Waals surface area contributed by atoms with E-state index in [0.717, 1.165) is 0 Å². The molecule has 1 saturated carbocycles. The Bertz CT molecular complexity index is 314. The van der Waals surface area contributed by atoms with E-state index in [4.69, 9.17) is 5.73 Å². The molecule has 2 N–H and O–H groups in total. The second kappa shape index (κ2) is 2.82. The van der Waals surface area contributed by atoms with Crippen molar-refractivity contribution in [3.05, 3.63) is 21.9 Å². The zero-order valence-electron chi connectivity index (χ0n) is 8.50. The predicted molar refractivity (Wildman–Crippen MR) is 57.9 cm³/mol. The normalized spacial score (nSPS) is 27.2. The van der Waals surface area contributed by atoms with Crippen molar-refractivity contribution in [2.75, 3.05) is 0 Å². The maximum atomic E-state index is 6.20. The average molecular weight is 195 g/mol. The van der Waals surface area contributed by atoms with E-state index in [1.807, 2.05) is 11.3 Å². The molecular formula is C11H17NS. The van der Waals surface area contributed by atoms with Gasteiger partial charge in [-0.25, -0.2) is 0 Å². The van der Waals surface area contributed by atoms with Crippen molar-refractivity contribution in [1.82, 2.24) is 0 Å². The SMILES string of the molecule is Cc1ccc(C(N)C2CC2(C)C)s1. The van der Waals surface area contributed by atoms with Crippen molar-refractivity contribution < 1.29 is 0 Å². The molecular weight excluding hydrogens is 178 g/mol. The lowest BCUT2D eigenvalue weighted by atomic mass is 10.0. The van der Waals surface area contributed by atoms with Crippen LogP contribution < -0.4 is 5.73 Å². The molecule has 0 saturated heterocycles. The molecule has 1 aliphatic carbocycles. The monoisotopic (exact) mass is 195 g/mol. The maximum absolute atomic E-state index is 6.20. The molecule has 1 aromatic heterocycles. The van der Waals surface area contributed by atoms with E-state index in [-0.39, 0.29) is 6.04 Å². The van der Waals surface area contributed by atoms with Gasteiger partial charge in [0.25, 0.3) is 0 Å². The summed E-state index contributed by atoms with van der Waals surface area (Å²) in [5, 5.41) is 0. The fourth-order valence-electron chi connectivity index (χ4n) is 1.95. The Balaban J connectivity index is 2.11. The van der Waals surface area contributed by atoms with Crippen LogP contribution in [0.4, 0.5) is 0 Å². The highest BCUT2D eigenvalue weighted by atomic mass is 32.1. The van der Waals surface area contributed by atoms with E-state index in [1.165, 1.54) is 16.2 Å². The standard InChI is InChI=1S/C11H17NS/c1-7-4-5-9(13-7)10(12)8-6-11(8,2)3/h4-5,8,10H,6,12H2,1-3H3. The molecule has 0 amide bonds. The fraction of sp³-hybridized carbons (Fsp3) is 0.636.